The predicted molar refractivity (Wildman–Crippen MR) is 73.6 cm³/mol. The molecule has 2 N–H and O–H groups in total. The molecule has 1 aliphatic heterocycles. The Morgan fingerprint density at radius 2 is 2.12 bits per heavy atom. The van der Waals surface area contributed by atoms with Gasteiger partial charge in [0, 0.05) is 13.1 Å². The third-order valence-electron chi connectivity index (χ3n) is 3.56. The maximum absolute atomic E-state index is 5.76. The number of rotatable bonds is 4. The van der Waals surface area contributed by atoms with Gasteiger partial charge >= 0.3 is 0 Å². The van der Waals surface area contributed by atoms with Crippen molar-refractivity contribution in [1.82, 2.24) is 4.90 Å². The number of hydrogen-bond donors (Lipinski definition) is 1. The molecule has 1 saturated heterocycles. The first-order chi connectivity index (χ1) is 8.31. The van der Waals surface area contributed by atoms with Gasteiger partial charge in [0.05, 0.1) is 0 Å². The maximum atomic E-state index is 5.76. The quantitative estimate of drug-likeness (QED) is 0.861. The van der Waals surface area contributed by atoms with Crippen LogP contribution in [-0.2, 0) is 6.54 Å². The fraction of sp³-hybridized carbons (Fsp3) is 0.467. The van der Waals surface area contributed by atoms with Crippen molar-refractivity contribution in [3.8, 4) is 0 Å². The lowest BCUT2D eigenvalue weighted by atomic mass is 9.98. The Bertz CT molecular complexity index is 356. The molecule has 1 aliphatic rings. The summed E-state index contributed by atoms with van der Waals surface area (Å²) in [6.07, 6.45) is 4.46. The fourth-order valence-corrected chi connectivity index (χ4v) is 2.50. The Balaban J connectivity index is 1.92. The Morgan fingerprint density at radius 3 is 2.76 bits per heavy atom. The molecule has 92 valence electrons. The summed E-state index contributed by atoms with van der Waals surface area (Å²) in [4.78, 5) is 2.52. The van der Waals surface area contributed by atoms with Crippen LogP contribution in [0.25, 0.3) is 6.08 Å². The average molecular weight is 230 g/mol. The zero-order chi connectivity index (χ0) is 12.1. The van der Waals surface area contributed by atoms with Gasteiger partial charge in [-0.3, -0.25) is 4.90 Å². The zero-order valence-corrected chi connectivity index (χ0v) is 10.4. The van der Waals surface area contributed by atoms with Crippen LogP contribution in [0.15, 0.2) is 30.8 Å². The van der Waals surface area contributed by atoms with E-state index in [2.05, 4.69) is 35.7 Å². The van der Waals surface area contributed by atoms with E-state index in [4.69, 9.17) is 5.73 Å². The van der Waals surface area contributed by atoms with E-state index in [1.54, 1.807) is 0 Å². The Hall–Kier alpha value is -1.12. The first kappa shape index (κ1) is 12.3. The van der Waals surface area contributed by atoms with Crippen LogP contribution in [0.3, 0.4) is 0 Å². The minimum atomic E-state index is 0.691. The number of benzene rings is 1. The first-order valence-corrected chi connectivity index (χ1v) is 6.45. The minimum absolute atomic E-state index is 0.691. The lowest BCUT2D eigenvalue weighted by Gasteiger charge is -2.32. The maximum Gasteiger partial charge on any atom is 0.0233 e. The summed E-state index contributed by atoms with van der Waals surface area (Å²) in [5.41, 5.74) is 8.33. The monoisotopic (exact) mass is 230 g/mol. The molecule has 0 unspecified atom stereocenters. The molecule has 0 amide bonds. The normalized spacial score (nSPS) is 21.4. The summed E-state index contributed by atoms with van der Waals surface area (Å²) < 4.78 is 0. The molecule has 0 aliphatic carbocycles. The van der Waals surface area contributed by atoms with Crippen LogP contribution in [0.2, 0.25) is 0 Å². The second-order valence-electron chi connectivity index (χ2n) is 4.92. The van der Waals surface area contributed by atoms with E-state index >= 15 is 0 Å². The summed E-state index contributed by atoms with van der Waals surface area (Å²) >= 11 is 0. The van der Waals surface area contributed by atoms with Crippen molar-refractivity contribution in [2.45, 2.75) is 19.4 Å². The molecule has 1 aromatic rings. The van der Waals surface area contributed by atoms with Gasteiger partial charge < -0.3 is 5.73 Å². The smallest absolute Gasteiger partial charge is 0.0233 e. The standard InChI is InChI=1S/C15H22N2/c1-2-13-5-7-14(8-6-13)11-17-9-3-4-15(10-16)12-17/h2,5-8,15H,1,3-4,9-12,16H2/t15-/m1/s1. The summed E-state index contributed by atoms with van der Waals surface area (Å²) in [6, 6.07) is 8.66. The molecule has 1 fully saturated rings. The number of hydrogen-bond acceptors (Lipinski definition) is 2. The molecule has 0 aromatic heterocycles. The highest BCUT2D eigenvalue weighted by atomic mass is 15.1. The molecular weight excluding hydrogens is 208 g/mol. The second-order valence-corrected chi connectivity index (χ2v) is 4.92. The summed E-state index contributed by atoms with van der Waals surface area (Å²) in [7, 11) is 0. The van der Waals surface area contributed by atoms with Gasteiger partial charge in [-0.1, -0.05) is 36.9 Å². The van der Waals surface area contributed by atoms with Gasteiger partial charge in [-0.15, -0.1) is 0 Å². The highest BCUT2D eigenvalue weighted by Crippen LogP contribution is 2.17. The Kier molecular flexibility index (Phi) is 4.35. The van der Waals surface area contributed by atoms with Crippen molar-refractivity contribution in [3.05, 3.63) is 42.0 Å². The topological polar surface area (TPSA) is 29.3 Å². The second kappa shape index (κ2) is 5.99. The molecule has 0 saturated carbocycles. The zero-order valence-electron chi connectivity index (χ0n) is 10.4. The summed E-state index contributed by atoms with van der Waals surface area (Å²) in [5.74, 6) is 0.691. The van der Waals surface area contributed by atoms with Gasteiger partial charge in [0.15, 0.2) is 0 Å². The molecule has 0 bridgehead atoms. The number of likely N-dealkylation sites (tertiary alicyclic amines) is 1. The van der Waals surface area contributed by atoms with Gasteiger partial charge in [-0.2, -0.15) is 0 Å². The predicted octanol–water partition coefficient (Wildman–Crippen LogP) is 2.50. The Labute approximate surface area is 104 Å². The van der Waals surface area contributed by atoms with Crippen molar-refractivity contribution >= 4 is 6.08 Å². The van der Waals surface area contributed by atoms with Gasteiger partial charge in [0.25, 0.3) is 0 Å². The van der Waals surface area contributed by atoms with Crippen molar-refractivity contribution in [1.29, 1.82) is 0 Å². The molecule has 2 nitrogen and oxygen atoms in total. The van der Waals surface area contributed by atoms with Crippen LogP contribution in [0.4, 0.5) is 0 Å². The third-order valence-corrected chi connectivity index (χ3v) is 3.56. The van der Waals surface area contributed by atoms with E-state index < -0.39 is 0 Å². The molecule has 17 heavy (non-hydrogen) atoms. The van der Waals surface area contributed by atoms with E-state index in [0.717, 1.165) is 19.6 Å². The number of nitrogens with two attached hydrogens (primary N) is 1. The number of nitrogens with zero attached hydrogens (tertiary/aromatic N) is 1. The molecule has 2 heteroatoms. The highest BCUT2D eigenvalue weighted by Gasteiger charge is 2.18. The van der Waals surface area contributed by atoms with Crippen molar-refractivity contribution in [2.75, 3.05) is 19.6 Å². The number of piperidine rings is 1. The molecular formula is C15H22N2. The van der Waals surface area contributed by atoms with Gasteiger partial charge in [-0.05, 0) is 43.0 Å². The van der Waals surface area contributed by atoms with E-state index in [1.165, 1.54) is 30.5 Å². The first-order valence-electron chi connectivity index (χ1n) is 6.45. The lowest BCUT2D eigenvalue weighted by molar-refractivity contribution is 0.171. The summed E-state index contributed by atoms with van der Waals surface area (Å²) in [5, 5.41) is 0. The van der Waals surface area contributed by atoms with Crippen molar-refractivity contribution in [2.24, 2.45) is 11.7 Å². The molecule has 1 atom stereocenters. The van der Waals surface area contributed by atoms with E-state index in [1.807, 2.05) is 6.08 Å². The van der Waals surface area contributed by atoms with Crippen LogP contribution in [0.1, 0.15) is 24.0 Å². The molecule has 0 spiro atoms. The Morgan fingerprint density at radius 1 is 1.35 bits per heavy atom. The van der Waals surface area contributed by atoms with Crippen LogP contribution < -0.4 is 5.73 Å². The summed E-state index contributed by atoms with van der Waals surface area (Å²) in [6.45, 7) is 8.01. The van der Waals surface area contributed by atoms with Crippen molar-refractivity contribution in [3.63, 3.8) is 0 Å². The molecule has 2 rings (SSSR count). The van der Waals surface area contributed by atoms with E-state index in [9.17, 15) is 0 Å². The molecule has 1 heterocycles. The van der Waals surface area contributed by atoms with Crippen LogP contribution in [-0.4, -0.2) is 24.5 Å². The van der Waals surface area contributed by atoms with Gasteiger partial charge in [0.1, 0.15) is 0 Å². The van der Waals surface area contributed by atoms with Gasteiger partial charge in [-0.25, -0.2) is 0 Å². The molecule has 1 aromatic carbocycles. The average Bonchev–Trinajstić information content (AvgIpc) is 2.40. The largest absolute Gasteiger partial charge is 0.330 e. The van der Waals surface area contributed by atoms with Crippen LogP contribution >= 0.6 is 0 Å². The molecule has 0 radical (unpaired) electrons. The van der Waals surface area contributed by atoms with Gasteiger partial charge in [0.2, 0.25) is 0 Å². The minimum Gasteiger partial charge on any atom is -0.330 e. The van der Waals surface area contributed by atoms with Crippen LogP contribution in [0.5, 0.6) is 0 Å². The van der Waals surface area contributed by atoms with E-state index in [0.29, 0.717) is 5.92 Å². The van der Waals surface area contributed by atoms with Crippen LogP contribution in [0, 0.1) is 5.92 Å². The van der Waals surface area contributed by atoms with E-state index in [-0.39, 0.29) is 0 Å². The highest BCUT2D eigenvalue weighted by molar-refractivity contribution is 5.47. The SMILES string of the molecule is C=Cc1ccc(CN2CCC[C@H](CN)C2)cc1. The lowest BCUT2D eigenvalue weighted by Crippen LogP contribution is -2.37. The fourth-order valence-electron chi connectivity index (χ4n) is 2.50. The van der Waals surface area contributed by atoms with Crippen molar-refractivity contribution < 1.29 is 0 Å². The third kappa shape index (κ3) is 3.42.